The fourth-order valence-electron chi connectivity index (χ4n) is 2.04. The number of allylic oxidation sites excluding steroid dienone is 1. The summed E-state index contributed by atoms with van der Waals surface area (Å²) < 4.78 is 31.7. The third kappa shape index (κ3) is 3.02. The Morgan fingerprint density at radius 3 is 2.55 bits per heavy atom. The van der Waals surface area contributed by atoms with Crippen LogP contribution in [0, 0.1) is 28.9 Å². The first-order chi connectivity index (χ1) is 9.51. The average molecular weight is 277 g/mol. The summed E-state index contributed by atoms with van der Waals surface area (Å²) in [7, 11) is 0. The number of hydrogen-bond donors (Lipinski definition) is 0. The summed E-state index contributed by atoms with van der Waals surface area (Å²) in [4.78, 5) is 11.9. The van der Waals surface area contributed by atoms with Crippen molar-refractivity contribution in [3.8, 4) is 11.8 Å². The van der Waals surface area contributed by atoms with E-state index in [4.69, 9.17) is 10.00 Å². The summed E-state index contributed by atoms with van der Waals surface area (Å²) in [6, 6.07) is 3.09. The summed E-state index contributed by atoms with van der Waals surface area (Å²) >= 11 is 0. The molecule has 1 unspecified atom stereocenters. The molecule has 104 valence electrons. The highest BCUT2D eigenvalue weighted by Crippen LogP contribution is 2.25. The van der Waals surface area contributed by atoms with E-state index in [1.807, 2.05) is 0 Å². The quantitative estimate of drug-likeness (QED) is 0.614. The highest BCUT2D eigenvalue weighted by molar-refractivity contribution is 5.90. The van der Waals surface area contributed by atoms with E-state index in [1.54, 1.807) is 6.08 Å². The topological polar surface area (TPSA) is 50.1 Å². The van der Waals surface area contributed by atoms with Crippen LogP contribution in [0.1, 0.15) is 31.7 Å². The van der Waals surface area contributed by atoms with Crippen LogP contribution >= 0.6 is 0 Å². The van der Waals surface area contributed by atoms with Gasteiger partial charge < -0.3 is 4.74 Å². The van der Waals surface area contributed by atoms with Crippen molar-refractivity contribution in [1.29, 1.82) is 5.26 Å². The Morgan fingerprint density at radius 1 is 1.40 bits per heavy atom. The van der Waals surface area contributed by atoms with Gasteiger partial charge in [-0.1, -0.05) is 13.0 Å². The first kappa shape index (κ1) is 14.2. The van der Waals surface area contributed by atoms with Crippen LogP contribution in [0.25, 0.3) is 0 Å². The number of nitriles is 1. The van der Waals surface area contributed by atoms with Gasteiger partial charge in [0.2, 0.25) is 0 Å². The van der Waals surface area contributed by atoms with E-state index >= 15 is 0 Å². The van der Waals surface area contributed by atoms with Gasteiger partial charge in [-0.05, 0) is 25.2 Å². The molecule has 2 rings (SSSR count). The zero-order valence-corrected chi connectivity index (χ0v) is 11.0. The molecule has 0 bridgehead atoms. The predicted octanol–water partition coefficient (Wildman–Crippen LogP) is 3.49. The number of nitrogens with zero attached hydrogens (tertiary/aromatic N) is 1. The van der Waals surface area contributed by atoms with Crippen molar-refractivity contribution in [2.24, 2.45) is 5.92 Å². The molecule has 0 saturated carbocycles. The predicted molar refractivity (Wildman–Crippen MR) is 67.8 cm³/mol. The summed E-state index contributed by atoms with van der Waals surface area (Å²) in [6.07, 6.45) is 4.08. The third-order valence-electron chi connectivity index (χ3n) is 3.27. The Hall–Kier alpha value is -2.22. The van der Waals surface area contributed by atoms with Gasteiger partial charge in [0.15, 0.2) is 0 Å². The molecule has 0 radical (unpaired) electrons. The maximum Gasteiger partial charge on any atom is 0.339 e. The Morgan fingerprint density at radius 2 is 2.05 bits per heavy atom. The van der Waals surface area contributed by atoms with E-state index in [0.29, 0.717) is 17.9 Å². The van der Waals surface area contributed by atoms with Crippen molar-refractivity contribution < 1.29 is 18.3 Å². The molecule has 0 fully saturated rings. The van der Waals surface area contributed by atoms with Crippen molar-refractivity contribution in [3.05, 3.63) is 41.0 Å². The molecule has 5 heteroatoms. The van der Waals surface area contributed by atoms with Crippen molar-refractivity contribution >= 4 is 5.97 Å². The molecular weight excluding hydrogens is 264 g/mol. The Labute approximate surface area is 115 Å². The number of hydrogen-bond acceptors (Lipinski definition) is 3. The molecule has 0 aromatic heterocycles. The van der Waals surface area contributed by atoms with Crippen LogP contribution in [0.2, 0.25) is 0 Å². The molecule has 1 aromatic rings. The van der Waals surface area contributed by atoms with Gasteiger partial charge in [-0.15, -0.1) is 0 Å². The lowest BCUT2D eigenvalue weighted by atomic mass is 9.91. The largest absolute Gasteiger partial charge is 0.423 e. The lowest BCUT2D eigenvalue weighted by Crippen LogP contribution is -2.15. The SMILES string of the molecule is CC1CC=C(C(=O)Oc2cc(F)c(C#N)c(F)c2)CC1. The highest BCUT2D eigenvalue weighted by atomic mass is 19.1. The Balaban J connectivity index is 2.15. The van der Waals surface area contributed by atoms with Gasteiger partial charge in [-0.3, -0.25) is 0 Å². The molecule has 3 nitrogen and oxygen atoms in total. The second-order valence-electron chi connectivity index (χ2n) is 4.87. The van der Waals surface area contributed by atoms with Gasteiger partial charge in [0, 0.05) is 17.7 Å². The number of ether oxygens (including phenoxy) is 1. The van der Waals surface area contributed by atoms with E-state index in [-0.39, 0.29) is 5.75 Å². The zero-order valence-electron chi connectivity index (χ0n) is 11.0. The van der Waals surface area contributed by atoms with Gasteiger partial charge in [0.05, 0.1) is 0 Å². The number of carbonyl (C=O) groups excluding carboxylic acids is 1. The van der Waals surface area contributed by atoms with Crippen LogP contribution in [-0.2, 0) is 4.79 Å². The van der Waals surface area contributed by atoms with E-state index in [2.05, 4.69) is 6.92 Å². The van der Waals surface area contributed by atoms with Gasteiger partial charge in [0.25, 0.3) is 0 Å². The maximum atomic E-state index is 13.4. The second kappa shape index (κ2) is 5.83. The van der Waals surface area contributed by atoms with Crippen molar-refractivity contribution in [2.45, 2.75) is 26.2 Å². The van der Waals surface area contributed by atoms with Crippen molar-refractivity contribution in [3.63, 3.8) is 0 Å². The second-order valence-corrected chi connectivity index (χ2v) is 4.87. The van der Waals surface area contributed by atoms with Gasteiger partial charge in [-0.25, -0.2) is 13.6 Å². The van der Waals surface area contributed by atoms with Crippen molar-refractivity contribution in [2.75, 3.05) is 0 Å². The molecule has 1 aromatic carbocycles. The fourth-order valence-corrected chi connectivity index (χ4v) is 2.04. The molecule has 20 heavy (non-hydrogen) atoms. The van der Waals surface area contributed by atoms with E-state index in [1.165, 1.54) is 6.07 Å². The number of esters is 1. The number of rotatable bonds is 2. The minimum absolute atomic E-state index is 0.233. The standard InChI is InChI=1S/C15H13F2NO2/c1-9-2-4-10(5-3-9)15(19)20-11-6-13(16)12(8-18)14(17)7-11/h4,6-7,9H,2-3,5H2,1H3. The normalized spacial score (nSPS) is 18.1. The Kier molecular flexibility index (Phi) is 4.14. The average Bonchev–Trinajstić information content (AvgIpc) is 2.39. The molecule has 1 atom stereocenters. The zero-order chi connectivity index (χ0) is 14.7. The lowest BCUT2D eigenvalue weighted by molar-refractivity contribution is -0.130. The summed E-state index contributed by atoms with van der Waals surface area (Å²) in [5.41, 5.74) is -0.163. The lowest BCUT2D eigenvalue weighted by Gasteiger charge is -2.17. The summed E-state index contributed by atoms with van der Waals surface area (Å²) in [5, 5.41) is 8.55. The highest BCUT2D eigenvalue weighted by Gasteiger charge is 2.19. The Bertz CT molecular complexity index is 594. The van der Waals surface area contributed by atoms with E-state index in [9.17, 15) is 13.6 Å². The molecule has 0 amide bonds. The fraction of sp³-hybridized carbons (Fsp3) is 0.333. The van der Waals surface area contributed by atoms with Crippen LogP contribution in [0.3, 0.4) is 0 Å². The molecule has 0 heterocycles. The number of carbonyl (C=O) groups is 1. The summed E-state index contributed by atoms with van der Waals surface area (Å²) in [6.45, 7) is 2.09. The van der Waals surface area contributed by atoms with E-state index < -0.39 is 23.2 Å². The monoisotopic (exact) mass is 277 g/mol. The molecule has 0 aliphatic heterocycles. The maximum absolute atomic E-state index is 13.4. The van der Waals surface area contributed by atoms with Gasteiger partial charge in [-0.2, -0.15) is 5.26 Å². The molecule has 1 aliphatic carbocycles. The molecule has 1 aliphatic rings. The molecule has 0 spiro atoms. The van der Waals surface area contributed by atoms with Crippen LogP contribution < -0.4 is 4.74 Å². The molecule has 0 N–H and O–H groups in total. The number of halogens is 2. The van der Waals surface area contributed by atoms with Crippen LogP contribution in [-0.4, -0.2) is 5.97 Å². The first-order valence-electron chi connectivity index (χ1n) is 6.31. The van der Waals surface area contributed by atoms with Gasteiger partial charge in [0.1, 0.15) is 29.0 Å². The summed E-state index contributed by atoms with van der Waals surface area (Å²) in [5.74, 6) is -2.39. The van der Waals surface area contributed by atoms with E-state index in [0.717, 1.165) is 25.0 Å². The van der Waals surface area contributed by atoms with Crippen LogP contribution in [0.15, 0.2) is 23.8 Å². The molecule has 0 saturated heterocycles. The molecular formula is C15H13F2NO2. The minimum atomic E-state index is -1.04. The minimum Gasteiger partial charge on any atom is -0.423 e. The van der Waals surface area contributed by atoms with Gasteiger partial charge >= 0.3 is 5.97 Å². The smallest absolute Gasteiger partial charge is 0.339 e. The first-order valence-corrected chi connectivity index (χ1v) is 6.31. The third-order valence-corrected chi connectivity index (χ3v) is 3.27. The van der Waals surface area contributed by atoms with Crippen LogP contribution in [0.5, 0.6) is 5.75 Å². The van der Waals surface area contributed by atoms with Crippen LogP contribution in [0.4, 0.5) is 8.78 Å². The number of benzene rings is 1. The van der Waals surface area contributed by atoms with Crippen molar-refractivity contribution in [1.82, 2.24) is 0 Å².